The first kappa shape index (κ1) is 24.7. The second-order valence-corrected chi connectivity index (χ2v) is 8.56. The highest BCUT2D eigenvalue weighted by atomic mass is 16.4. The van der Waals surface area contributed by atoms with E-state index in [2.05, 4.69) is 19.9 Å². The molecule has 1 atom stereocenters. The number of carbonyl (C=O) groups is 1. The highest BCUT2D eigenvalue weighted by molar-refractivity contribution is 5.76. The third-order valence-corrected chi connectivity index (χ3v) is 6.17. The van der Waals surface area contributed by atoms with Gasteiger partial charge in [-0.2, -0.15) is 0 Å². The number of aryl methyl sites for hydroxylation is 1. The lowest BCUT2D eigenvalue weighted by molar-refractivity contribution is -0.139. The number of hydrogen-bond acceptors (Lipinski definition) is 1. The summed E-state index contributed by atoms with van der Waals surface area (Å²) in [5, 5.41) is 9.65. The molecule has 0 aliphatic carbocycles. The number of rotatable bonds is 17. The molecule has 0 aliphatic heterocycles. The zero-order chi connectivity index (χ0) is 20.6. The normalized spacial score (nSPS) is 12.2. The Morgan fingerprint density at radius 2 is 1.25 bits per heavy atom. The van der Waals surface area contributed by atoms with Gasteiger partial charge in [0.2, 0.25) is 0 Å². The summed E-state index contributed by atoms with van der Waals surface area (Å²) in [4.78, 5) is 11.7. The van der Waals surface area contributed by atoms with Crippen LogP contribution in [0, 0.1) is 13.8 Å². The molecule has 1 aromatic rings. The molecule has 28 heavy (non-hydrogen) atoms. The Morgan fingerprint density at radius 1 is 0.786 bits per heavy atom. The maximum Gasteiger partial charge on any atom is 0.310 e. The molecule has 0 fully saturated rings. The summed E-state index contributed by atoms with van der Waals surface area (Å²) in [7, 11) is 0. The molecule has 0 saturated carbocycles. The topological polar surface area (TPSA) is 37.3 Å². The predicted octanol–water partition coefficient (Wildman–Crippen LogP) is 8.34. The minimum absolute atomic E-state index is 0.350. The summed E-state index contributed by atoms with van der Waals surface area (Å²) in [5.74, 6) is -1.03. The Bertz CT molecular complexity index is 535. The van der Waals surface area contributed by atoms with Crippen LogP contribution in [-0.2, 0) is 4.79 Å². The lowest BCUT2D eigenvalue weighted by Gasteiger charge is -2.16. The smallest absolute Gasteiger partial charge is 0.310 e. The molecule has 1 aromatic carbocycles. The number of carboxylic acids is 1. The highest BCUT2D eigenvalue weighted by Crippen LogP contribution is 2.27. The Kier molecular flexibility index (Phi) is 13.8. The highest BCUT2D eigenvalue weighted by Gasteiger charge is 2.21. The van der Waals surface area contributed by atoms with Crippen molar-refractivity contribution in [1.82, 2.24) is 0 Å². The quantitative estimate of drug-likeness (QED) is 0.272. The third kappa shape index (κ3) is 10.3. The molecule has 0 spiro atoms. The first-order valence-electron chi connectivity index (χ1n) is 11.9. The van der Waals surface area contributed by atoms with E-state index in [0.717, 1.165) is 30.4 Å². The van der Waals surface area contributed by atoms with E-state index in [1.807, 2.05) is 19.1 Å². The molecule has 0 saturated heterocycles. The van der Waals surface area contributed by atoms with Gasteiger partial charge in [-0.25, -0.2) is 0 Å². The molecule has 0 bridgehead atoms. The van der Waals surface area contributed by atoms with Crippen LogP contribution in [0.25, 0.3) is 0 Å². The largest absolute Gasteiger partial charge is 0.481 e. The monoisotopic (exact) mass is 388 g/mol. The third-order valence-electron chi connectivity index (χ3n) is 6.17. The van der Waals surface area contributed by atoms with Gasteiger partial charge in [0, 0.05) is 0 Å². The zero-order valence-corrected chi connectivity index (χ0v) is 18.8. The summed E-state index contributed by atoms with van der Waals surface area (Å²) in [6.45, 7) is 6.38. The summed E-state index contributed by atoms with van der Waals surface area (Å²) < 4.78 is 0. The fraction of sp³-hybridized carbons (Fsp3) is 0.731. The molecule has 0 heterocycles. The number of aliphatic carboxylic acids is 1. The summed E-state index contributed by atoms with van der Waals surface area (Å²) >= 11 is 0. The number of unbranched alkanes of at least 4 members (excludes halogenated alkanes) is 13. The van der Waals surface area contributed by atoms with Crippen LogP contribution in [-0.4, -0.2) is 11.1 Å². The van der Waals surface area contributed by atoms with Crippen LogP contribution in [0.4, 0.5) is 0 Å². The first-order chi connectivity index (χ1) is 13.6. The van der Waals surface area contributed by atoms with E-state index in [9.17, 15) is 9.90 Å². The van der Waals surface area contributed by atoms with Crippen LogP contribution >= 0.6 is 0 Å². The van der Waals surface area contributed by atoms with E-state index < -0.39 is 5.97 Å². The summed E-state index contributed by atoms with van der Waals surface area (Å²) in [6, 6.07) is 6.04. The van der Waals surface area contributed by atoms with Gasteiger partial charge in [-0.15, -0.1) is 0 Å². The van der Waals surface area contributed by atoms with Crippen molar-refractivity contribution in [2.45, 2.75) is 123 Å². The van der Waals surface area contributed by atoms with Gasteiger partial charge in [0.15, 0.2) is 0 Å². The van der Waals surface area contributed by atoms with Gasteiger partial charge >= 0.3 is 5.97 Å². The van der Waals surface area contributed by atoms with Gasteiger partial charge < -0.3 is 5.11 Å². The van der Waals surface area contributed by atoms with Gasteiger partial charge in [-0.3, -0.25) is 4.79 Å². The van der Waals surface area contributed by atoms with Crippen molar-refractivity contribution in [2.24, 2.45) is 0 Å². The maximum atomic E-state index is 11.7. The van der Waals surface area contributed by atoms with E-state index in [-0.39, 0.29) is 5.92 Å². The molecule has 1 rings (SSSR count). The molecular weight excluding hydrogens is 344 g/mol. The minimum Gasteiger partial charge on any atom is -0.481 e. The van der Waals surface area contributed by atoms with E-state index in [0.29, 0.717) is 0 Å². The SMILES string of the molecule is CCCCCCCCCCCCCCCCC(C(=O)O)c1cccc(C)c1C. The molecule has 0 aromatic heterocycles. The van der Waals surface area contributed by atoms with Gasteiger partial charge in [0.25, 0.3) is 0 Å². The number of carboxylic acid groups (broad SMARTS) is 1. The first-order valence-corrected chi connectivity index (χ1v) is 11.9. The van der Waals surface area contributed by atoms with E-state index >= 15 is 0 Å². The molecule has 1 N–H and O–H groups in total. The fourth-order valence-electron chi connectivity index (χ4n) is 4.11. The lowest BCUT2D eigenvalue weighted by atomic mass is 9.88. The predicted molar refractivity (Wildman–Crippen MR) is 121 cm³/mol. The zero-order valence-electron chi connectivity index (χ0n) is 18.8. The molecule has 0 aliphatic rings. The molecule has 2 heteroatoms. The summed E-state index contributed by atoms with van der Waals surface area (Å²) in [5.41, 5.74) is 3.33. The standard InChI is InChI=1S/C26H44O2/c1-4-5-6-7-8-9-10-11-12-13-14-15-16-17-20-25(26(27)28)24-21-18-19-22(2)23(24)3/h18-19,21,25H,4-17,20H2,1-3H3,(H,27,28). The Balaban J connectivity index is 2.06. The Labute approximate surface area is 174 Å². The fourth-order valence-corrected chi connectivity index (χ4v) is 4.11. The maximum absolute atomic E-state index is 11.7. The van der Waals surface area contributed by atoms with Gasteiger partial charge in [-0.05, 0) is 37.0 Å². The van der Waals surface area contributed by atoms with Crippen molar-refractivity contribution in [3.05, 3.63) is 34.9 Å². The second-order valence-electron chi connectivity index (χ2n) is 8.56. The van der Waals surface area contributed by atoms with Crippen LogP contribution in [0.1, 0.15) is 126 Å². The molecule has 0 amide bonds. The molecule has 0 radical (unpaired) electrons. The van der Waals surface area contributed by atoms with Crippen molar-refractivity contribution in [3.63, 3.8) is 0 Å². The van der Waals surface area contributed by atoms with E-state index in [4.69, 9.17) is 0 Å². The average molecular weight is 389 g/mol. The van der Waals surface area contributed by atoms with E-state index in [1.54, 1.807) is 0 Å². The second kappa shape index (κ2) is 15.6. The van der Waals surface area contributed by atoms with Crippen molar-refractivity contribution in [1.29, 1.82) is 0 Å². The molecule has 1 unspecified atom stereocenters. The van der Waals surface area contributed by atoms with Crippen molar-refractivity contribution < 1.29 is 9.90 Å². The number of hydrogen-bond donors (Lipinski definition) is 1. The minimum atomic E-state index is -0.677. The Hall–Kier alpha value is -1.31. The van der Waals surface area contributed by atoms with Crippen LogP contribution in [0.15, 0.2) is 18.2 Å². The molecule has 160 valence electrons. The van der Waals surface area contributed by atoms with Gasteiger partial charge in [-0.1, -0.05) is 115 Å². The molecular formula is C26H44O2. The van der Waals surface area contributed by atoms with Crippen molar-refractivity contribution in [3.8, 4) is 0 Å². The number of benzene rings is 1. The van der Waals surface area contributed by atoms with Gasteiger partial charge in [0.1, 0.15) is 0 Å². The van der Waals surface area contributed by atoms with Crippen molar-refractivity contribution >= 4 is 5.97 Å². The Morgan fingerprint density at radius 3 is 1.71 bits per heavy atom. The van der Waals surface area contributed by atoms with Crippen LogP contribution in [0.3, 0.4) is 0 Å². The average Bonchev–Trinajstić information content (AvgIpc) is 2.67. The van der Waals surface area contributed by atoms with Crippen LogP contribution in [0.2, 0.25) is 0 Å². The molecule has 2 nitrogen and oxygen atoms in total. The van der Waals surface area contributed by atoms with Crippen molar-refractivity contribution in [2.75, 3.05) is 0 Å². The van der Waals surface area contributed by atoms with E-state index in [1.165, 1.54) is 82.6 Å². The van der Waals surface area contributed by atoms with Crippen LogP contribution < -0.4 is 0 Å². The van der Waals surface area contributed by atoms with Crippen LogP contribution in [0.5, 0.6) is 0 Å². The summed E-state index contributed by atoms with van der Waals surface area (Å²) in [6.07, 6.45) is 19.4. The van der Waals surface area contributed by atoms with Gasteiger partial charge in [0.05, 0.1) is 5.92 Å². The lowest BCUT2D eigenvalue weighted by Crippen LogP contribution is -2.13.